The van der Waals surface area contributed by atoms with Crippen LogP contribution in [-0.4, -0.2) is 57.3 Å². The maximum Gasteiger partial charge on any atom is 1.00 e. The molecule has 0 aliphatic heterocycles. The van der Waals surface area contributed by atoms with Gasteiger partial charge in [-0.2, -0.15) is 0 Å². The first-order valence-electron chi connectivity index (χ1n) is 32.7. The Morgan fingerprint density at radius 2 is 0.722 bits per heavy atom. The van der Waals surface area contributed by atoms with Gasteiger partial charge in [0.05, 0.1) is 17.8 Å². The van der Waals surface area contributed by atoms with Gasteiger partial charge in [0.2, 0.25) is 0 Å². The summed E-state index contributed by atoms with van der Waals surface area (Å²) in [5.41, 5.74) is 2.74. The average molecular weight is 1100 g/mol. The number of Topliss-reactive ketones (excluding diaryl/α,β-unsaturated/α-hetero) is 3. The van der Waals surface area contributed by atoms with Crippen LogP contribution < -0.4 is 29.6 Å². The molecule has 9 unspecified atom stereocenters. The molecule has 8 nitrogen and oxygen atoms in total. The van der Waals surface area contributed by atoms with Crippen molar-refractivity contribution in [1.29, 1.82) is 0 Å². The van der Waals surface area contributed by atoms with E-state index in [1.807, 2.05) is 51.1 Å². The van der Waals surface area contributed by atoms with E-state index in [0.717, 1.165) is 123 Å². The van der Waals surface area contributed by atoms with Crippen molar-refractivity contribution in [3.05, 3.63) is 35.9 Å². The molecule has 436 valence electrons. The summed E-state index contributed by atoms with van der Waals surface area (Å²) in [6, 6.07) is 9.41. The first kappa shape index (κ1) is 62.1. The number of benzene rings is 1. The van der Waals surface area contributed by atoms with Crippen molar-refractivity contribution in [2.75, 3.05) is 0 Å². The van der Waals surface area contributed by atoms with Crippen LogP contribution in [0.1, 0.15) is 246 Å². The zero-order valence-corrected chi connectivity index (χ0v) is 53.3. The van der Waals surface area contributed by atoms with Crippen molar-refractivity contribution in [3.63, 3.8) is 0 Å². The molecule has 9 heteroatoms. The summed E-state index contributed by atoms with van der Waals surface area (Å²) in [4.78, 5) is 49.3. The van der Waals surface area contributed by atoms with E-state index in [4.69, 9.17) is 4.74 Å². The number of rotatable bonds is 5. The summed E-state index contributed by atoms with van der Waals surface area (Å²) in [6.07, 6.45) is 32.4. The minimum atomic E-state index is -0.169. The SMILES string of the molecule is CC(=O)[C@H]1CCC2C3CC[C@H]4C[C@@H](O)CC[C@]4(C)C3CC[C@@]21C.CC(=O)[C@H]1CCC2C3CC[C@H]4C[C@H](O)CC[C@]4(C)C3CC[C@@]21C.CC(=O)[C@H]1CCC2C3CC[C@H]4C[C@H](OC(=O)c5ccccc5)CC[C@]4(C)C3CC[C@@]21C.[Na+].[OH-]. The van der Waals surface area contributed by atoms with Crippen molar-refractivity contribution in [1.82, 2.24) is 0 Å². The second-order valence-corrected chi connectivity index (χ2v) is 31.4. The Hall–Kier alpha value is -1.42. The van der Waals surface area contributed by atoms with Gasteiger partial charge in [-0.25, -0.2) is 4.79 Å². The Bertz CT molecular complexity index is 2270. The number of hydrogen-bond acceptors (Lipinski definition) is 8. The molecule has 12 fully saturated rings. The molecule has 12 aliphatic carbocycles. The van der Waals surface area contributed by atoms with E-state index in [9.17, 15) is 29.4 Å². The summed E-state index contributed by atoms with van der Waals surface area (Å²) in [6.45, 7) is 20.4. The van der Waals surface area contributed by atoms with Crippen molar-refractivity contribution in [2.24, 2.45) is 121 Å². The molecule has 13 rings (SSSR count). The molecule has 1 aromatic rings. The van der Waals surface area contributed by atoms with Crippen LogP contribution in [0.5, 0.6) is 0 Å². The Kier molecular flexibility index (Phi) is 18.4. The van der Waals surface area contributed by atoms with Gasteiger partial charge >= 0.3 is 35.5 Å². The van der Waals surface area contributed by atoms with Crippen LogP contribution in [0.3, 0.4) is 0 Å². The monoisotopic (exact) mass is 1100 g/mol. The molecule has 0 saturated heterocycles. The number of ether oxygens (including phenoxy) is 1. The molecule has 79 heavy (non-hydrogen) atoms. The largest absolute Gasteiger partial charge is 1.00 e. The Morgan fingerprint density at radius 1 is 0.405 bits per heavy atom. The molecule has 0 bridgehead atoms. The molecular weight excluding hydrogens is 992 g/mol. The zero-order chi connectivity index (χ0) is 54.6. The van der Waals surface area contributed by atoms with Crippen molar-refractivity contribution in [2.45, 2.75) is 254 Å². The fraction of sp³-hybridized carbons (Fsp3) is 0.857. The number of carbonyl (C=O) groups excluding carboxylic acids is 4. The molecule has 12 aliphatic rings. The molecule has 3 N–H and O–H groups in total. The van der Waals surface area contributed by atoms with Crippen LogP contribution in [0.25, 0.3) is 0 Å². The average Bonchev–Trinajstić information content (AvgIpc) is 4.31. The minimum absolute atomic E-state index is 0. The van der Waals surface area contributed by atoms with E-state index in [-0.39, 0.29) is 81.5 Å². The quantitative estimate of drug-likeness (QED) is 0.219. The van der Waals surface area contributed by atoms with Crippen LogP contribution in [0.2, 0.25) is 0 Å². The van der Waals surface area contributed by atoms with Crippen molar-refractivity contribution < 1.29 is 69.2 Å². The molecular formula is C70H107NaO8. The first-order valence-corrected chi connectivity index (χ1v) is 32.7. The van der Waals surface area contributed by atoms with Crippen LogP contribution in [-0.2, 0) is 19.1 Å². The van der Waals surface area contributed by atoms with E-state index in [1.165, 1.54) is 116 Å². The third kappa shape index (κ3) is 10.6. The second-order valence-electron chi connectivity index (χ2n) is 31.4. The summed E-state index contributed by atoms with van der Waals surface area (Å²) in [7, 11) is 0. The zero-order valence-electron chi connectivity index (χ0n) is 51.3. The Labute approximate surface area is 500 Å². The standard InChI is InChI=1S/C28H38O3.2C21H34O2.Na.H2O/c1-18(29)23-11-12-24-22-10-9-20-17-21(31-26(30)19-7-5-4-6-8-19)13-15-27(20,2)25(22)14-16-28(23,24)3;2*1-13(22)17-6-7-18-16-5-4-14-12-15(23)8-10-20(14,2)19(16)9-11-21(17,18)3;;/h4-8,20-25H,9-17H2,1-3H3;2*14-19,23H,4-12H2,1-3H3;;1H2/q;;;+1;/p-1/t20-,21+,22?,23+,24?,25?,27-,28+;14-,15+,16?,17+,18?,19?,20-,21+;14-,15-,16?,17+,18?,19?,20-,21+;;/m000../s1. The van der Waals surface area contributed by atoms with Crippen molar-refractivity contribution >= 4 is 23.3 Å². The van der Waals surface area contributed by atoms with E-state index < -0.39 is 0 Å². The van der Waals surface area contributed by atoms with E-state index in [2.05, 4.69) is 41.5 Å². The van der Waals surface area contributed by atoms with E-state index >= 15 is 0 Å². The number of hydrogen-bond donors (Lipinski definition) is 2. The molecule has 0 amide bonds. The number of fused-ring (bicyclic) bond motifs is 15. The summed E-state index contributed by atoms with van der Waals surface area (Å²) < 4.78 is 5.96. The number of esters is 1. The maximum atomic E-state index is 12.6. The second kappa shape index (κ2) is 23.5. The molecule has 0 radical (unpaired) electrons. The number of aliphatic hydroxyl groups excluding tert-OH is 2. The molecule has 1 aromatic carbocycles. The minimum Gasteiger partial charge on any atom is -0.870 e. The number of ketones is 3. The fourth-order valence-corrected chi connectivity index (χ4v) is 24.6. The van der Waals surface area contributed by atoms with Gasteiger partial charge in [0.15, 0.2) is 0 Å². The molecule has 24 atom stereocenters. The summed E-state index contributed by atoms with van der Waals surface area (Å²) in [5.74, 6) is 11.4. The van der Waals surface area contributed by atoms with Gasteiger partial charge in [-0.05, 0) is 310 Å². The number of aliphatic hydroxyl groups is 2. The Morgan fingerprint density at radius 3 is 1.08 bits per heavy atom. The van der Waals surface area contributed by atoms with Gasteiger partial charge in [0.1, 0.15) is 23.5 Å². The topological polar surface area (TPSA) is 148 Å². The van der Waals surface area contributed by atoms with Crippen LogP contribution in [0.4, 0.5) is 0 Å². The van der Waals surface area contributed by atoms with Crippen molar-refractivity contribution in [3.8, 4) is 0 Å². The summed E-state index contributed by atoms with van der Waals surface area (Å²) >= 11 is 0. The van der Waals surface area contributed by atoms with E-state index in [1.54, 1.807) is 0 Å². The maximum absolute atomic E-state index is 12.6. The predicted molar refractivity (Wildman–Crippen MR) is 307 cm³/mol. The third-order valence-electron chi connectivity index (χ3n) is 28.6. The normalized spacial score (nSPS) is 49.7. The smallest absolute Gasteiger partial charge is 0.870 e. The molecule has 12 saturated carbocycles. The van der Waals surface area contributed by atoms with Gasteiger partial charge in [-0.15, -0.1) is 0 Å². The van der Waals surface area contributed by atoms with Gasteiger partial charge < -0.3 is 20.4 Å². The molecule has 0 spiro atoms. The van der Waals surface area contributed by atoms with Gasteiger partial charge in [-0.3, -0.25) is 14.4 Å². The number of carbonyl (C=O) groups is 4. The predicted octanol–water partition coefficient (Wildman–Crippen LogP) is 12.5. The summed E-state index contributed by atoms with van der Waals surface area (Å²) in [5, 5.41) is 20.2. The van der Waals surface area contributed by atoms with E-state index in [0.29, 0.717) is 56.9 Å². The Balaban J connectivity index is 0.000000144. The van der Waals surface area contributed by atoms with Crippen LogP contribution in [0, 0.1) is 121 Å². The molecule has 0 aromatic heterocycles. The van der Waals surface area contributed by atoms with Gasteiger partial charge in [0, 0.05) is 17.8 Å². The van der Waals surface area contributed by atoms with Crippen LogP contribution in [0.15, 0.2) is 30.3 Å². The van der Waals surface area contributed by atoms with Gasteiger partial charge in [-0.1, -0.05) is 59.7 Å². The third-order valence-corrected chi connectivity index (χ3v) is 28.6. The first-order chi connectivity index (χ1) is 36.5. The van der Waals surface area contributed by atoms with Gasteiger partial charge in [0.25, 0.3) is 0 Å². The molecule has 0 heterocycles. The fourth-order valence-electron chi connectivity index (χ4n) is 24.6. The van der Waals surface area contributed by atoms with Crippen LogP contribution >= 0.6 is 0 Å².